The first-order chi connectivity index (χ1) is 11.1. The summed E-state index contributed by atoms with van der Waals surface area (Å²) in [5.41, 5.74) is 2.60. The molecule has 3 aromatic rings. The third-order valence-corrected chi connectivity index (χ3v) is 4.71. The lowest BCUT2D eigenvalue weighted by molar-refractivity contribution is -0.119. The van der Waals surface area contributed by atoms with E-state index in [4.69, 9.17) is 4.42 Å². The molecule has 6 heteroatoms. The van der Waals surface area contributed by atoms with Gasteiger partial charge in [0.15, 0.2) is 5.58 Å². The first-order valence-corrected chi connectivity index (χ1v) is 8.93. The van der Waals surface area contributed by atoms with Gasteiger partial charge in [0.2, 0.25) is 5.91 Å². The van der Waals surface area contributed by atoms with Crippen molar-refractivity contribution in [2.45, 2.75) is 18.2 Å². The molecule has 0 fully saturated rings. The number of thioether (sulfide) groups is 1. The van der Waals surface area contributed by atoms with Crippen molar-refractivity contribution in [3.63, 3.8) is 0 Å². The fourth-order valence-electron chi connectivity index (χ4n) is 2.16. The number of nitrogens with one attached hydrogen (secondary N) is 1. The Morgan fingerprint density at radius 1 is 1.26 bits per heavy atom. The van der Waals surface area contributed by atoms with E-state index < -0.39 is 0 Å². The van der Waals surface area contributed by atoms with Gasteiger partial charge < -0.3 is 9.73 Å². The molecule has 0 saturated heterocycles. The number of benzene rings is 2. The van der Waals surface area contributed by atoms with Crippen molar-refractivity contribution >= 4 is 44.7 Å². The Balaban J connectivity index is 1.55. The Kier molecular flexibility index (Phi) is 5.03. The van der Waals surface area contributed by atoms with Crippen LogP contribution in [-0.2, 0) is 4.79 Å². The Bertz CT molecular complexity index is 784. The first-order valence-electron chi connectivity index (χ1n) is 7.15. The van der Waals surface area contributed by atoms with E-state index in [2.05, 4.69) is 26.2 Å². The maximum Gasteiger partial charge on any atom is 0.257 e. The van der Waals surface area contributed by atoms with Gasteiger partial charge in [0.1, 0.15) is 5.52 Å². The number of fused-ring (bicyclic) bond motifs is 1. The first kappa shape index (κ1) is 16.1. The molecule has 1 atom stereocenters. The minimum atomic E-state index is -0.0484. The summed E-state index contributed by atoms with van der Waals surface area (Å²) in [6.07, 6.45) is 0. The van der Waals surface area contributed by atoms with Gasteiger partial charge >= 0.3 is 0 Å². The van der Waals surface area contributed by atoms with Crippen LogP contribution < -0.4 is 5.32 Å². The van der Waals surface area contributed by atoms with Crippen molar-refractivity contribution in [1.82, 2.24) is 10.3 Å². The third-order valence-electron chi connectivity index (χ3n) is 3.35. The molecule has 0 radical (unpaired) electrons. The van der Waals surface area contributed by atoms with Gasteiger partial charge in [-0.25, -0.2) is 4.98 Å². The van der Waals surface area contributed by atoms with E-state index in [1.807, 2.05) is 55.5 Å². The van der Waals surface area contributed by atoms with Crippen molar-refractivity contribution in [1.29, 1.82) is 0 Å². The summed E-state index contributed by atoms with van der Waals surface area (Å²) in [5.74, 6) is 0.223. The molecule has 3 rings (SSSR count). The van der Waals surface area contributed by atoms with Crippen LogP contribution in [-0.4, -0.2) is 16.6 Å². The Morgan fingerprint density at radius 3 is 2.74 bits per heavy atom. The van der Waals surface area contributed by atoms with Crippen LogP contribution in [0.1, 0.15) is 18.5 Å². The smallest absolute Gasteiger partial charge is 0.257 e. The maximum absolute atomic E-state index is 12.1. The highest BCUT2D eigenvalue weighted by atomic mass is 79.9. The maximum atomic E-state index is 12.1. The summed E-state index contributed by atoms with van der Waals surface area (Å²) in [7, 11) is 0. The molecular formula is C17H15BrN2O2S. The van der Waals surface area contributed by atoms with E-state index in [9.17, 15) is 4.79 Å². The van der Waals surface area contributed by atoms with Gasteiger partial charge in [0.25, 0.3) is 5.22 Å². The van der Waals surface area contributed by atoms with Gasteiger partial charge in [-0.05, 0) is 36.8 Å². The zero-order valence-corrected chi connectivity index (χ0v) is 14.9. The predicted octanol–water partition coefficient (Wildman–Crippen LogP) is 4.56. The van der Waals surface area contributed by atoms with E-state index in [1.54, 1.807) is 0 Å². The molecule has 0 bridgehead atoms. The SMILES string of the molecule is CC(NC(=O)CSc1nc2ccccc2o1)c1ccc(Br)cc1. The average molecular weight is 391 g/mol. The normalized spacial score (nSPS) is 12.3. The number of aromatic nitrogens is 1. The van der Waals surface area contributed by atoms with Crippen LogP contribution in [0.2, 0.25) is 0 Å². The van der Waals surface area contributed by atoms with Crippen LogP contribution in [0, 0.1) is 0 Å². The van der Waals surface area contributed by atoms with Gasteiger partial charge in [-0.2, -0.15) is 0 Å². The molecule has 0 saturated carbocycles. The molecule has 1 heterocycles. The quantitative estimate of drug-likeness (QED) is 0.648. The van der Waals surface area contributed by atoms with Crippen molar-refractivity contribution in [2.24, 2.45) is 0 Å². The van der Waals surface area contributed by atoms with Crippen LogP contribution in [0.3, 0.4) is 0 Å². The molecule has 1 unspecified atom stereocenters. The van der Waals surface area contributed by atoms with E-state index >= 15 is 0 Å². The summed E-state index contributed by atoms with van der Waals surface area (Å²) >= 11 is 4.70. The summed E-state index contributed by atoms with van der Waals surface area (Å²) in [4.78, 5) is 16.4. The van der Waals surface area contributed by atoms with Crippen LogP contribution in [0.15, 0.2) is 62.6 Å². The van der Waals surface area contributed by atoms with E-state index in [0.29, 0.717) is 5.22 Å². The highest BCUT2D eigenvalue weighted by molar-refractivity contribution is 9.10. The molecule has 0 aliphatic rings. The summed E-state index contributed by atoms with van der Waals surface area (Å²) < 4.78 is 6.61. The number of carbonyl (C=O) groups is 1. The number of para-hydroxylation sites is 2. The second kappa shape index (κ2) is 7.19. The van der Waals surface area contributed by atoms with Crippen LogP contribution >= 0.6 is 27.7 Å². The number of amides is 1. The standard InChI is InChI=1S/C17H15BrN2O2S/c1-11(12-6-8-13(18)9-7-12)19-16(21)10-23-17-20-14-4-2-3-5-15(14)22-17/h2-9,11H,10H2,1H3,(H,19,21). The van der Waals surface area contributed by atoms with Crippen molar-refractivity contribution in [3.8, 4) is 0 Å². The monoisotopic (exact) mass is 390 g/mol. The molecule has 4 nitrogen and oxygen atoms in total. The largest absolute Gasteiger partial charge is 0.431 e. The highest BCUT2D eigenvalue weighted by Crippen LogP contribution is 2.23. The van der Waals surface area contributed by atoms with E-state index in [0.717, 1.165) is 21.1 Å². The van der Waals surface area contributed by atoms with Gasteiger partial charge in [0.05, 0.1) is 11.8 Å². The molecule has 2 aromatic carbocycles. The van der Waals surface area contributed by atoms with Crippen molar-refractivity contribution in [2.75, 3.05) is 5.75 Å². The number of halogens is 1. The van der Waals surface area contributed by atoms with Crippen LogP contribution in [0.25, 0.3) is 11.1 Å². The van der Waals surface area contributed by atoms with Crippen molar-refractivity contribution < 1.29 is 9.21 Å². The van der Waals surface area contributed by atoms with Gasteiger partial charge in [-0.15, -0.1) is 0 Å². The molecule has 23 heavy (non-hydrogen) atoms. The molecule has 0 aliphatic carbocycles. The van der Waals surface area contributed by atoms with Gasteiger partial charge in [-0.1, -0.05) is 52.0 Å². The number of hydrogen-bond donors (Lipinski definition) is 1. The molecule has 0 aliphatic heterocycles. The molecule has 0 spiro atoms. The second-order valence-electron chi connectivity index (χ2n) is 5.08. The molecule has 1 N–H and O–H groups in total. The number of hydrogen-bond acceptors (Lipinski definition) is 4. The molecule has 118 valence electrons. The Morgan fingerprint density at radius 2 is 2.00 bits per heavy atom. The topological polar surface area (TPSA) is 55.1 Å². The van der Waals surface area contributed by atoms with Crippen LogP contribution in [0.5, 0.6) is 0 Å². The minimum Gasteiger partial charge on any atom is -0.431 e. The lowest BCUT2D eigenvalue weighted by Gasteiger charge is -2.13. The zero-order chi connectivity index (χ0) is 16.2. The lowest BCUT2D eigenvalue weighted by atomic mass is 10.1. The fraction of sp³-hybridized carbons (Fsp3) is 0.176. The lowest BCUT2D eigenvalue weighted by Crippen LogP contribution is -2.28. The number of oxazole rings is 1. The molecular weight excluding hydrogens is 376 g/mol. The fourth-order valence-corrected chi connectivity index (χ4v) is 3.07. The predicted molar refractivity (Wildman–Crippen MR) is 95.4 cm³/mol. The van der Waals surface area contributed by atoms with E-state index in [-0.39, 0.29) is 17.7 Å². The molecule has 1 aromatic heterocycles. The zero-order valence-electron chi connectivity index (χ0n) is 12.5. The van der Waals surface area contributed by atoms with Gasteiger partial charge in [0, 0.05) is 4.47 Å². The summed E-state index contributed by atoms with van der Waals surface area (Å²) in [5, 5.41) is 3.49. The van der Waals surface area contributed by atoms with Crippen molar-refractivity contribution in [3.05, 3.63) is 58.6 Å². The summed E-state index contributed by atoms with van der Waals surface area (Å²) in [6, 6.07) is 15.4. The number of nitrogens with zero attached hydrogens (tertiary/aromatic N) is 1. The number of carbonyl (C=O) groups excluding carboxylic acids is 1. The van der Waals surface area contributed by atoms with E-state index in [1.165, 1.54) is 11.8 Å². The van der Waals surface area contributed by atoms with Gasteiger partial charge in [-0.3, -0.25) is 4.79 Å². The Hall–Kier alpha value is -1.79. The summed E-state index contributed by atoms with van der Waals surface area (Å²) in [6.45, 7) is 1.96. The number of rotatable bonds is 5. The Labute approximate surface area is 146 Å². The average Bonchev–Trinajstić information content (AvgIpc) is 2.96. The second-order valence-corrected chi connectivity index (χ2v) is 6.92. The highest BCUT2D eigenvalue weighted by Gasteiger charge is 2.12. The minimum absolute atomic E-state index is 0.0418. The third kappa shape index (κ3) is 4.14. The van der Waals surface area contributed by atoms with Crippen LogP contribution in [0.4, 0.5) is 0 Å². The molecule has 1 amide bonds.